The maximum atomic E-state index is 6.25. The maximum absolute atomic E-state index is 6.25. The number of para-hydroxylation sites is 2. The number of fused-ring (bicyclic) bond motifs is 10. The van der Waals surface area contributed by atoms with E-state index in [9.17, 15) is 0 Å². The topological polar surface area (TPSA) is 56.7 Å². The molecule has 0 bridgehead atoms. The van der Waals surface area contributed by atoms with E-state index >= 15 is 0 Å². The van der Waals surface area contributed by atoms with Crippen molar-refractivity contribution in [2.24, 2.45) is 0 Å². The predicted octanol–water partition coefficient (Wildman–Crippen LogP) is 11.7. The molecular formula is C46H30N4O. The van der Waals surface area contributed by atoms with Gasteiger partial charge in [-0.15, -0.1) is 0 Å². The van der Waals surface area contributed by atoms with Gasteiger partial charge >= 0.3 is 0 Å². The molecule has 0 amide bonds. The summed E-state index contributed by atoms with van der Waals surface area (Å²) in [6.07, 6.45) is 1.85. The van der Waals surface area contributed by atoms with E-state index in [1.807, 2.05) is 30.5 Å². The van der Waals surface area contributed by atoms with Crippen LogP contribution in [0.1, 0.15) is 25.1 Å². The van der Waals surface area contributed by atoms with Gasteiger partial charge in [0, 0.05) is 49.8 Å². The highest BCUT2D eigenvalue weighted by Crippen LogP contribution is 2.50. The molecule has 0 unspecified atom stereocenters. The summed E-state index contributed by atoms with van der Waals surface area (Å²) in [6, 6.07) is 49.1. The van der Waals surface area contributed by atoms with Crippen LogP contribution in [0.5, 0.6) is 0 Å². The summed E-state index contributed by atoms with van der Waals surface area (Å²) in [6.45, 7) is 4.53. The minimum Gasteiger partial charge on any atom is -0.456 e. The van der Waals surface area contributed by atoms with Crippen LogP contribution >= 0.6 is 0 Å². The first kappa shape index (κ1) is 28.3. The van der Waals surface area contributed by atoms with Gasteiger partial charge in [0.1, 0.15) is 16.9 Å². The largest absolute Gasteiger partial charge is 0.456 e. The van der Waals surface area contributed by atoms with Crippen LogP contribution in [-0.4, -0.2) is 19.5 Å². The fourth-order valence-corrected chi connectivity index (χ4v) is 8.24. The van der Waals surface area contributed by atoms with E-state index < -0.39 is 5.41 Å². The van der Waals surface area contributed by atoms with Gasteiger partial charge in [-0.25, -0.2) is 9.97 Å². The predicted molar refractivity (Wildman–Crippen MR) is 207 cm³/mol. The average molecular weight is 655 g/mol. The second kappa shape index (κ2) is 10.2. The second-order valence-corrected chi connectivity index (χ2v) is 14.1. The normalized spacial score (nSPS) is 13.5. The van der Waals surface area contributed by atoms with E-state index in [2.05, 4.69) is 139 Å². The molecule has 0 atom stereocenters. The second-order valence-electron chi connectivity index (χ2n) is 14.1. The monoisotopic (exact) mass is 654 g/mol. The Hall–Kier alpha value is -6.59. The molecule has 10 aromatic rings. The van der Waals surface area contributed by atoms with E-state index in [1.54, 1.807) is 0 Å². The Labute approximate surface area is 293 Å². The number of pyridine rings is 1. The molecule has 6 aromatic carbocycles. The van der Waals surface area contributed by atoms with Crippen molar-refractivity contribution in [2.45, 2.75) is 19.3 Å². The van der Waals surface area contributed by atoms with E-state index in [-0.39, 0.29) is 0 Å². The minimum absolute atomic E-state index is 0.397. The zero-order chi connectivity index (χ0) is 33.8. The van der Waals surface area contributed by atoms with Crippen molar-refractivity contribution in [3.05, 3.63) is 157 Å². The summed E-state index contributed by atoms with van der Waals surface area (Å²) in [7, 11) is 0. The number of benzene rings is 6. The fourth-order valence-electron chi connectivity index (χ4n) is 8.24. The van der Waals surface area contributed by atoms with Crippen LogP contribution in [0.15, 0.2) is 150 Å². The Balaban J connectivity index is 1.24. The molecule has 51 heavy (non-hydrogen) atoms. The van der Waals surface area contributed by atoms with Crippen LogP contribution in [0.2, 0.25) is 0 Å². The van der Waals surface area contributed by atoms with Gasteiger partial charge in [-0.1, -0.05) is 92.7 Å². The van der Waals surface area contributed by atoms with Gasteiger partial charge in [-0.3, -0.25) is 9.55 Å². The summed E-state index contributed by atoms with van der Waals surface area (Å²) < 4.78 is 8.58. The fraction of sp³-hybridized carbons (Fsp3) is 0.0652. The smallest absolute Gasteiger partial charge is 0.164 e. The summed E-state index contributed by atoms with van der Waals surface area (Å²) in [5.74, 6) is 0.813. The molecule has 1 aliphatic rings. The number of furan rings is 1. The molecule has 0 radical (unpaired) electrons. The van der Waals surface area contributed by atoms with Gasteiger partial charge in [-0.2, -0.15) is 0 Å². The molecule has 0 N–H and O–H groups in total. The van der Waals surface area contributed by atoms with Crippen LogP contribution in [-0.2, 0) is 5.41 Å². The van der Waals surface area contributed by atoms with E-state index in [0.717, 1.165) is 78.3 Å². The SMILES string of the molecule is CC1(C)c2cc(-c3ccccn3)ccc2-c2nc(-c3ccc4oc5ccccc5c4c3)c(-n3c4ccccc4c4cc5ccccc5cc43)nc21. The number of rotatable bonds is 3. The van der Waals surface area contributed by atoms with Crippen LogP contribution in [0.3, 0.4) is 0 Å². The zero-order valence-electron chi connectivity index (χ0n) is 28.1. The highest BCUT2D eigenvalue weighted by Gasteiger charge is 2.40. The third-order valence-corrected chi connectivity index (χ3v) is 10.8. The van der Waals surface area contributed by atoms with Gasteiger partial charge in [-0.05, 0) is 77.0 Å². The Morgan fingerprint density at radius 1 is 0.549 bits per heavy atom. The maximum Gasteiger partial charge on any atom is 0.164 e. The Kier molecular flexibility index (Phi) is 5.66. The van der Waals surface area contributed by atoms with Crippen LogP contribution in [0.4, 0.5) is 0 Å². The number of aromatic nitrogens is 4. The van der Waals surface area contributed by atoms with Crippen molar-refractivity contribution in [1.82, 2.24) is 19.5 Å². The first-order valence-corrected chi connectivity index (χ1v) is 17.4. The molecule has 11 rings (SSSR count). The molecule has 0 spiro atoms. The Morgan fingerprint density at radius 2 is 1.29 bits per heavy atom. The summed E-state index contributed by atoms with van der Waals surface area (Å²) in [5, 5.41) is 6.92. The van der Waals surface area contributed by atoms with Crippen molar-refractivity contribution in [3.63, 3.8) is 0 Å². The molecule has 0 saturated carbocycles. The van der Waals surface area contributed by atoms with Gasteiger partial charge in [0.05, 0.1) is 28.1 Å². The molecule has 240 valence electrons. The molecule has 0 saturated heterocycles. The van der Waals surface area contributed by atoms with E-state index in [1.165, 1.54) is 27.1 Å². The van der Waals surface area contributed by atoms with Crippen LogP contribution < -0.4 is 0 Å². The lowest BCUT2D eigenvalue weighted by atomic mass is 9.84. The molecule has 1 aliphatic carbocycles. The number of hydrogen-bond donors (Lipinski definition) is 0. The third-order valence-electron chi connectivity index (χ3n) is 10.8. The first-order valence-electron chi connectivity index (χ1n) is 17.4. The quantitative estimate of drug-likeness (QED) is 0.190. The van der Waals surface area contributed by atoms with Gasteiger partial charge in [0.25, 0.3) is 0 Å². The highest BCUT2D eigenvalue weighted by atomic mass is 16.3. The Bertz CT molecular complexity index is 3060. The lowest BCUT2D eigenvalue weighted by Gasteiger charge is -2.22. The van der Waals surface area contributed by atoms with Crippen LogP contribution in [0.25, 0.3) is 94.1 Å². The number of hydrogen-bond acceptors (Lipinski definition) is 4. The van der Waals surface area contributed by atoms with E-state index in [4.69, 9.17) is 14.4 Å². The van der Waals surface area contributed by atoms with Crippen molar-refractivity contribution < 1.29 is 4.42 Å². The number of nitrogens with zero attached hydrogens (tertiary/aromatic N) is 4. The Morgan fingerprint density at radius 3 is 2.16 bits per heavy atom. The standard InChI is InChI=1S/C46H30N4O/c1-46(2)36-25-29(37-15-9-10-22-47-37)18-20-33(36)43-44(46)49-45(42(48-43)30-19-21-41-35(24-30)32-14-6-8-17-40(32)51-41)50-38-16-7-5-13-31(38)34-23-27-11-3-4-12-28(27)26-39(34)50/h3-26H,1-2H3. The molecule has 5 nitrogen and oxygen atoms in total. The minimum atomic E-state index is -0.397. The lowest BCUT2D eigenvalue weighted by molar-refractivity contribution is 0.633. The molecule has 5 heteroatoms. The lowest BCUT2D eigenvalue weighted by Crippen LogP contribution is -2.19. The molecule has 4 heterocycles. The van der Waals surface area contributed by atoms with Crippen molar-refractivity contribution in [3.8, 4) is 39.6 Å². The first-order chi connectivity index (χ1) is 25.0. The van der Waals surface area contributed by atoms with Crippen molar-refractivity contribution in [1.29, 1.82) is 0 Å². The van der Waals surface area contributed by atoms with Crippen LogP contribution in [0, 0.1) is 0 Å². The third kappa shape index (κ3) is 4.00. The van der Waals surface area contributed by atoms with Crippen molar-refractivity contribution >= 4 is 54.5 Å². The molecule has 4 aromatic heterocycles. The van der Waals surface area contributed by atoms with Gasteiger partial charge in [0.15, 0.2) is 5.82 Å². The summed E-state index contributed by atoms with van der Waals surface area (Å²) in [4.78, 5) is 16.0. The average Bonchev–Trinajstić information content (AvgIpc) is 3.78. The van der Waals surface area contributed by atoms with Gasteiger partial charge < -0.3 is 4.42 Å². The molecular weight excluding hydrogens is 625 g/mol. The summed E-state index contributed by atoms with van der Waals surface area (Å²) in [5.41, 5.74) is 11.6. The molecule has 0 fully saturated rings. The highest BCUT2D eigenvalue weighted by molar-refractivity contribution is 6.14. The van der Waals surface area contributed by atoms with Crippen molar-refractivity contribution in [2.75, 3.05) is 0 Å². The summed E-state index contributed by atoms with van der Waals surface area (Å²) >= 11 is 0. The van der Waals surface area contributed by atoms with E-state index in [0.29, 0.717) is 0 Å². The van der Waals surface area contributed by atoms with Gasteiger partial charge in [0.2, 0.25) is 0 Å². The molecule has 0 aliphatic heterocycles. The zero-order valence-corrected chi connectivity index (χ0v) is 28.1.